The summed E-state index contributed by atoms with van der Waals surface area (Å²) in [6.07, 6.45) is 0. The fourth-order valence-electron chi connectivity index (χ4n) is 2.24. The minimum Gasteiger partial charge on any atom is -0.339 e. The van der Waals surface area contributed by atoms with Crippen LogP contribution in [0.2, 0.25) is 0 Å². The first-order valence-electron chi connectivity index (χ1n) is 6.09. The van der Waals surface area contributed by atoms with Gasteiger partial charge in [-0.25, -0.2) is 0 Å². The summed E-state index contributed by atoms with van der Waals surface area (Å²) in [5, 5.41) is 6.00. The second kappa shape index (κ2) is 3.88. The second-order valence-corrected chi connectivity index (χ2v) is 4.92. The maximum absolute atomic E-state index is 4.67. The van der Waals surface area contributed by atoms with E-state index in [1.807, 2.05) is 0 Å². The predicted octanol–water partition coefficient (Wildman–Crippen LogP) is 3.67. The van der Waals surface area contributed by atoms with Gasteiger partial charge in [-0.15, -0.1) is 0 Å². The molecule has 0 unspecified atom stereocenters. The monoisotopic (exact) mass is 224 g/mol. The molecule has 1 aliphatic rings. The summed E-state index contributed by atoms with van der Waals surface area (Å²) in [5.74, 6) is 1.61. The number of hydrogen-bond donors (Lipinski definition) is 1. The Balaban J connectivity index is 2.13. The van der Waals surface area contributed by atoms with E-state index in [4.69, 9.17) is 0 Å². The minimum absolute atomic E-state index is 0.590. The molecule has 2 heteroatoms. The van der Waals surface area contributed by atoms with E-state index in [0.717, 1.165) is 12.4 Å². The molecule has 2 aromatic rings. The molecule has 0 amide bonds. The van der Waals surface area contributed by atoms with Gasteiger partial charge >= 0.3 is 0 Å². The van der Waals surface area contributed by atoms with Crippen LogP contribution in [-0.4, -0.2) is 12.4 Å². The molecule has 3 rings (SSSR count). The maximum Gasteiger partial charge on any atom is 0.133 e. The van der Waals surface area contributed by atoms with Crippen LogP contribution in [0.15, 0.2) is 41.4 Å². The smallest absolute Gasteiger partial charge is 0.133 e. The molecule has 0 radical (unpaired) electrons. The molecule has 0 bridgehead atoms. The summed E-state index contributed by atoms with van der Waals surface area (Å²) in [7, 11) is 0. The van der Waals surface area contributed by atoms with Crippen molar-refractivity contribution in [3.05, 3.63) is 42.0 Å². The lowest BCUT2D eigenvalue weighted by Gasteiger charge is -2.03. The zero-order chi connectivity index (χ0) is 11.8. The SMILES string of the molecule is CC(C)CN=C1Nc2cccc3cccc1c23. The van der Waals surface area contributed by atoms with Crippen molar-refractivity contribution in [1.29, 1.82) is 0 Å². The number of rotatable bonds is 2. The standard InChI is InChI=1S/C15H16N2/c1-10(2)9-16-15-12-7-3-5-11-6-4-8-13(17-15)14(11)12/h3-8,10H,9H2,1-2H3,(H,16,17). The second-order valence-electron chi connectivity index (χ2n) is 4.92. The van der Waals surface area contributed by atoms with E-state index in [2.05, 4.69) is 60.6 Å². The van der Waals surface area contributed by atoms with Gasteiger partial charge in [-0.2, -0.15) is 0 Å². The van der Waals surface area contributed by atoms with Gasteiger partial charge in [0.2, 0.25) is 0 Å². The largest absolute Gasteiger partial charge is 0.339 e. The van der Waals surface area contributed by atoms with Crippen LogP contribution in [0, 0.1) is 5.92 Å². The zero-order valence-corrected chi connectivity index (χ0v) is 10.2. The number of benzene rings is 2. The van der Waals surface area contributed by atoms with Crippen LogP contribution < -0.4 is 5.32 Å². The quantitative estimate of drug-likeness (QED) is 0.827. The van der Waals surface area contributed by atoms with Gasteiger partial charge in [0, 0.05) is 23.2 Å². The Hall–Kier alpha value is -1.83. The molecule has 0 fully saturated rings. The van der Waals surface area contributed by atoms with Crippen molar-refractivity contribution in [2.24, 2.45) is 10.9 Å². The predicted molar refractivity (Wildman–Crippen MR) is 73.8 cm³/mol. The van der Waals surface area contributed by atoms with Gasteiger partial charge in [-0.05, 0) is 17.4 Å². The lowest BCUT2D eigenvalue weighted by Crippen LogP contribution is -2.09. The number of hydrogen-bond acceptors (Lipinski definition) is 1. The van der Waals surface area contributed by atoms with Crippen LogP contribution in [0.4, 0.5) is 5.69 Å². The first-order chi connectivity index (χ1) is 8.25. The highest BCUT2D eigenvalue weighted by Gasteiger charge is 2.18. The topological polar surface area (TPSA) is 24.4 Å². The van der Waals surface area contributed by atoms with Crippen LogP contribution in [-0.2, 0) is 0 Å². The van der Waals surface area contributed by atoms with E-state index in [1.54, 1.807) is 0 Å². The third-order valence-corrected chi connectivity index (χ3v) is 3.03. The van der Waals surface area contributed by atoms with E-state index in [9.17, 15) is 0 Å². The highest BCUT2D eigenvalue weighted by Crippen LogP contribution is 2.32. The molecular formula is C15H16N2. The third kappa shape index (κ3) is 1.70. The molecule has 1 aliphatic heterocycles. The number of aliphatic imine (C=N–C) groups is 1. The number of nitrogens with one attached hydrogen (secondary N) is 1. The molecule has 0 aromatic heterocycles. The van der Waals surface area contributed by atoms with Crippen LogP contribution in [0.3, 0.4) is 0 Å². The third-order valence-electron chi connectivity index (χ3n) is 3.03. The van der Waals surface area contributed by atoms with Crippen molar-refractivity contribution in [2.45, 2.75) is 13.8 Å². The fraction of sp³-hybridized carbons (Fsp3) is 0.267. The molecule has 17 heavy (non-hydrogen) atoms. The average Bonchev–Trinajstić information content (AvgIpc) is 2.68. The fourth-order valence-corrected chi connectivity index (χ4v) is 2.24. The molecule has 86 valence electrons. The number of nitrogens with zero attached hydrogens (tertiary/aromatic N) is 1. The van der Waals surface area contributed by atoms with Crippen LogP contribution in [0.25, 0.3) is 10.8 Å². The van der Waals surface area contributed by atoms with Gasteiger partial charge in [0.1, 0.15) is 5.84 Å². The number of anilines is 1. The Morgan fingerprint density at radius 1 is 1.12 bits per heavy atom. The van der Waals surface area contributed by atoms with Crippen molar-refractivity contribution in [1.82, 2.24) is 0 Å². The Labute approximate surface area is 101 Å². The molecular weight excluding hydrogens is 208 g/mol. The minimum atomic E-state index is 0.590. The van der Waals surface area contributed by atoms with E-state index < -0.39 is 0 Å². The van der Waals surface area contributed by atoms with Crippen molar-refractivity contribution >= 4 is 22.3 Å². The average molecular weight is 224 g/mol. The molecule has 1 heterocycles. The van der Waals surface area contributed by atoms with Crippen molar-refractivity contribution in [3.8, 4) is 0 Å². The normalized spacial score (nSPS) is 15.8. The first-order valence-corrected chi connectivity index (χ1v) is 6.09. The summed E-state index contributed by atoms with van der Waals surface area (Å²) >= 11 is 0. The Morgan fingerprint density at radius 3 is 2.65 bits per heavy atom. The summed E-state index contributed by atoms with van der Waals surface area (Å²) in [5.41, 5.74) is 2.42. The first kappa shape index (κ1) is 10.3. The van der Waals surface area contributed by atoms with E-state index >= 15 is 0 Å². The maximum atomic E-state index is 4.67. The van der Waals surface area contributed by atoms with Crippen LogP contribution in [0.1, 0.15) is 19.4 Å². The number of amidine groups is 1. The van der Waals surface area contributed by atoms with Crippen molar-refractivity contribution < 1.29 is 0 Å². The molecule has 0 atom stereocenters. The molecule has 0 spiro atoms. The van der Waals surface area contributed by atoms with Gasteiger partial charge < -0.3 is 5.32 Å². The highest BCUT2D eigenvalue weighted by atomic mass is 15.0. The van der Waals surface area contributed by atoms with Crippen LogP contribution in [0.5, 0.6) is 0 Å². The molecule has 2 nitrogen and oxygen atoms in total. The molecule has 0 saturated carbocycles. The van der Waals surface area contributed by atoms with E-state index in [-0.39, 0.29) is 0 Å². The molecule has 0 saturated heterocycles. The van der Waals surface area contributed by atoms with Gasteiger partial charge in [-0.1, -0.05) is 44.2 Å². The van der Waals surface area contributed by atoms with Crippen molar-refractivity contribution in [2.75, 3.05) is 11.9 Å². The van der Waals surface area contributed by atoms with Crippen LogP contribution >= 0.6 is 0 Å². The van der Waals surface area contributed by atoms with Gasteiger partial charge in [0.05, 0.1) is 0 Å². The summed E-state index contributed by atoms with van der Waals surface area (Å²) in [6, 6.07) is 12.7. The van der Waals surface area contributed by atoms with E-state index in [0.29, 0.717) is 5.92 Å². The van der Waals surface area contributed by atoms with E-state index in [1.165, 1.54) is 22.0 Å². The lowest BCUT2D eigenvalue weighted by molar-refractivity contribution is 0.666. The van der Waals surface area contributed by atoms with Gasteiger partial charge in [0.25, 0.3) is 0 Å². The molecule has 1 N–H and O–H groups in total. The summed E-state index contributed by atoms with van der Waals surface area (Å²) in [6.45, 7) is 5.24. The Kier molecular flexibility index (Phi) is 2.36. The summed E-state index contributed by atoms with van der Waals surface area (Å²) < 4.78 is 0. The Bertz CT molecular complexity index is 592. The molecule has 2 aromatic carbocycles. The zero-order valence-electron chi connectivity index (χ0n) is 10.2. The molecule has 0 aliphatic carbocycles. The highest BCUT2D eigenvalue weighted by molar-refractivity contribution is 6.25. The van der Waals surface area contributed by atoms with Crippen molar-refractivity contribution in [3.63, 3.8) is 0 Å². The Morgan fingerprint density at radius 2 is 1.88 bits per heavy atom. The lowest BCUT2D eigenvalue weighted by atomic mass is 10.1. The van der Waals surface area contributed by atoms with Gasteiger partial charge in [-0.3, -0.25) is 4.99 Å². The van der Waals surface area contributed by atoms with Gasteiger partial charge in [0.15, 0.2) is 0 Å². The summed E-state index contributed by atoms with van der Waals surface area (Å²) in [4.78, 5) is 4.67.